The largest absolute Gasteiger partial charge is 0.490 e. The Hall–Kier alpha value is -1.60. The Morgan fingerprint density at radius 3 is 3.00 bits per heavy atom. The van der Waals surface area contributed by atoms with Crippen LogP contribution >= 0.6 is 0 Å². The van der Waals surface area contributed by atoms with Gasteiger partial charge >= 0.3 is 0 Å². The quantitative estimate of drug-likeness (QED) is 0.732. The third-order valence-corrected chi connectivity index (χ3v) is 2.32. The van der Waals surface area contributed by atoms with Crippen molar-refractivity contribution in [2.75, 3.05) is 13.2 Å². The maximum absolute atomic E-state index is 8.68. The topological polar surface area (TPSA) is 55.1 Å². The van der Waals surface area contributed by atoms with Gasteiger partial charge < -0.3 is 9.47 Å². The second kappa shape index (κ2) is 4.76. The van der Waals surface area contributed by atoms with E-state index in [-0.39, 0.29) is 6.10 Å². The van der Waals surface area contributed by atoms with Crippen LogP contribution in [0, 0.1) is 11.3 Å². The summed E-state index contributed by atoms with van der Waals surface area (Å²) in [4.78, 5) is 3.89. The van der Waals surface area contributed by atoms with E-state index < -0.39 is 0 Å². The van der Waals surface area contributed by atoms with Crippen LogP contribution in [0.25, 0.3) is 0 Å². The van der Waals surface area contributed by atoms with Crippen molar-refractivity contribution in [1.29, 1.82) is 5.26 Å². The van der Waals surface area contributed by atoms with E-state index in [2.05, 4.69) is 4.98 Å². The maximum Gasteiger partial charge on any atom is 0.144 e. The molecule has 78 valence electrons. The predicted molar refractivity (Wildman–Crippen MR) is 53.4 cm³/mol. The summed E-state index contributed by atoms with van der Waals surface area (Å²) in [5, 5.41) is 8.68. The number of nitriles is 1. The first-order valence-electron chi connectivity index (χ1n) is 4.99. The van der Waals surface area contributed by atoms with Crippen LogP contribution in [-0.4, -0.2) is 24.3 Å². The molecule has 0 N–H and O–H groups in total. The van der Waals surface area contributed by atoms with E-state index in [9.17, 15) is 0 Å². The lowest BCUT2D eigenvalue weighted by atomic mass is 10.1. The first kappa shape index (κ1) is 9.94. The summed E-state index contributed by atoms with van der Waals surface area (Å²) in [6, 6.07) is 5.43. The molecule has 1 aromatic rings. The van der Waals surface area contributed by atoms with Gasteiger partial charge in [-0.1, -0.05) is 0 Å². The zero-order chi connectivity index (χ0) is 10.5. The lowest BCUT2D eigenvalue weighted by Gasteiger charge is -2.23. The molecule has 0 spiro atoms. The van der Waals surface area contributed by atoms with Crippen molar-refractivity contribution in [2.24, 2.45) is 0 Å². The van der Waals surface area contributed by atoms with E-state index in [1.54, 1.807) is 18.3 Å². The van der Waals surface area contributed by atoms with Gasteiger partial charge in [-0.3, -0.25) is 0 Å². The standard InChI is InChI=1S/C11H12N2O2/c12-8-9-7-11(1-4-13-9)15-10-2-5-14-6-3-10/h1,4,7,10H,2-3,5-6H2. The summed E-state index contributed by atoms with van der Waals surface area (Å²) in [5.41, 5.74) is 0.388. The van der Waals surface area contributed by atoms with Crippen molar-refractivity contribution < 1.29 is 9.47 Å². The molecule has 0 aromatic carbocycles. The first-order chi connectivity index (χ1) is 7.38. The number of nitrogens with zero attached hydrogens (tertiary/aromatic N) is 2. The van der Waals surface area contributed by atoms with Gasteiger partial charge in [0.25, 0.3) is 0 Å². The van der Waals surface area contributed by atoms with Gasteiger partial charge in [0.1, 0.15) is 23.6 Å². The van der Waals surface area contributed by atoms with Gasteiger partial charge in [0.2, 0.25) is 0 Å². The molecule has 2 heterocycles. The van der Waals surface area contributed by atoms with Crippen molar-refractivity contribution in [2.45, 2.75) is 18.9 Å². The van der Waals surface area contributed by atoms with Crippen molar-refractivity contribution >= 4 is 0 Å². The van der Waals surface area contributed by atoms with Crippen molar-refractivity contribution in [3.63, 3.8) is 0 Å². The van der Waals surface area contributed by atoms with Crippen LogP contribution in [0.1, 0.15) is 18.5 Å². The molecular weight excluding hydrogens is 192 g/mol. The lowest BCUT2D eigenvalue weighted by Crippen LogP contribution is -2.25. The number of aromatic nitrogens is 1. The van der Waals surface area contributed by atoms with Gasteiger partial charge in [-0.05, 0) is 6.07 Å². The number of hydrogen-bond donors (Lipinski definition) is 0. The number of hydrogen-bond acceptors (Lipinski definition) is 4. The van der Waals surface area contributed by atoms with Gasteiger partial charge in [-0.15, -0.1) is 0 Å². The van der Waals surface area contributed by atoms with E-state index in [4.69, 9.17) is 14.7 Å². The molecule has 1 saturated heterocycles. The molecule has 0 unspecified atom stereocenters. The summed E-state index contributed by atoms with van der Waals surface area (Å²) < 4.78 is 11.0. The molecule has 0 amide bonds. The Morgan fingerprint density at radius 1 is 1.47 bits per heavy atom. The molecule has 15 heavy (non-hydrogen) atoms. The zero-order valence-corrected chi connectivity index (χ0v) is 8.35. The summed E-state index contributed by atoms with van der Waals surface area (Å²) in [5.74, 6) is 0.716. The van der Waals surface area contributed by atoms with Crippen LogP contribution in [0.5, 0.6) is 5.75 Å². The second-order valence-electron chi connectivity index (χ2n) is 3.42. The lowest BCUT2D eigenvalue weighted by molar-refractivity contribution is 0.0255. The van der Waals surface area contributed by atoms with Crippen molar-refractivity contribution in [1.82, 2.24) is 4.98 Å². The van der Waals surface area contributed by atoms with Crippen molar-refractivity contribution in [3.8, 4) is 11.8 Å². The molecule has 0 radical (unpaired) electrons. The summed E-state index contributed by atoms with van der Waals surface area (Å²) >= 11 is 0. The van der Waals surface area contributed by atoms with Gasteiger partial charge in [-0.25, -0.2) is 4.98 Å². The smallest absolute Gasteiger partial charge is 0.144 e. The Morgan fingerprint density at radius 2 is 2.27 bits per heavy atom. The highest BCUT2D eigenvalue weighted by molar-refractivity contribution is 5.29. The first-order valence-corrected chi connectivity index (χ1v) is 4.99. The SMILES string of the molecule is N#Cc1cc(OC2CCOCC2)ccn1. The second-order valence-corrected chi connectivity index (χ2v) is 3.42. The van der Waals surface area contributed by atoms with Crippen LogP contribution in [-0.2, 0) is 4.74 Å². The van der Waals surface area contributed by atoms with Gasteiger partial charge in [0.05, 0.1) is 13.2 Å². The fourth-order valence-corrected chi connectivity index (χ4v) is 1.53. The molecule has 1 fully saturated rings. The Bertz CT molecular complexity index is 367. The highest BCUT2D eigenvalue weighted by Gasteiger charge is 2.15. The zero-order valence-electron chi connectivity index (χ0n) is 8.35. The molecule has 0 bridgehead atoms. The van der Waals surface area contributed by atoms with E-state index >= 15 is 0 Å². The molecule has 2 rings (SSSR count). The molecule has 0 saturated carbocycles. The monoisotopic (exact) mass is 204 g/mol. The molecular formula is C11H12N2O2. The Kier molecular flexibility index (Phi) is 3.15. The molecule has 4 nitrogen and oxygen atoms in total. The van der Waals surface area contributed by atoms with Crippen LogP contribution in [0.2, 0.25) is 0 Å². The highest BCUT2D eigenvalue weighted by atomic mass is 16.5. The Labute approximate surface area is 88.5 Å². The number of ether oxygens (including phenoxy) is 2. The third-order valence-electron chi connectivity index (χ3n) is 2.32. The molecule has 1 aliphatic heterocycles. The van der Waals surface area contributed by atoms with Crippen molar-refractivity contribution in [3.05, 3.63) is 24.0 Å². The third kappa shape index (κ3) is 2.67. The van der Waals surface area contributed by atoms with Crippen LogP contribution < -0.4 is 4.74 Å². The van der Waals surface area contributed by atoms with Crippen LogP contribution in [0.15, 0.2) is 18.3 Å². The summed E-state index contributed by atoms with van der Waals surface area (Å²) in [7, 11) is 0. The van der Waals surface area contributed by atoms with E-state index in [0.29, 0.717) is 11.4 Å². The fraction of sp³-hybridized carbons (Fsp3) is 0.455. The van der Waals surface area contributed by atoms with E-state index in [1.807, 2.05) is 6.07 Å². The predicted octanol–water partition coefficient (Wildman–Crippen LogP) is 1.51. The minimum absolute atomic E-state index is 0.202. The van der Waals surface area contributed by atoms with Gasteiger partial charge in [0, 0.05) is 25.1 Å². The molecule has 4 heteroatoms. The normalized spacial score (nSPS) is 17.0. The average Bonchev–Trinajstić information content (AvgIpc) is 2.31. The molecule has 0 atom stereocenters. The Balaban J connectivity index is 2.00. The molecule has 1 aromatic heterocycles. The fourth-order valence-electron chi connectivity index (χ4n) is 1.53. The minimum Gasteiger partial charge on any atom is -0.490 e. The minimum atomic E-state index is 0.202. The summed E-state index contributed by atoms with van der Waals surface area (Å²) in [6.45, 7) is 1.50. The number of rotatable bonds is 2. The maximum atomic E-state index is 8.68. The van der Waals surface area contributed by atoms with Gasteiger partial charge in [0.15, 0.2) is 0 Å². The number of pyridine rings is 1. The molecule has 0 aliphatic carbocycles. The van der Waals surface area contributed by atoms with E-state index in [0.717, 1.165) is 26.1 Å². The van der Waals surface area contributed by atoms with E-state index in [1.165, 1.54) is 0 Å². The van der Waals surface area contributed by atoms with Crippen LogP contribution in [0.3, 0.4) is 0 Å². The summed E-state index contributed by atoms with van der Waals surface area (Å²) in [6.07, 6.45) is 3.61. The average molecular weight is 204 g/mol. The van der Waals surface area contributed by atoms with Crippen LogP contribution in [0.4, 0.5) is 0 Å². The van der Waals surface area contributed by atoms with Gasteiger partial charge in [-0.2, -0.15) is 5.26 Å². The molecule has 1 aliphatic rings. The highest BCUT2D eigenvalue weighted by Crippen LogP contribution is 2.17.